The van der Waals surface area contributed by atoms with E-state index in [1.807, 2.05) is 0 Å². The summed E-state index contributed by atoms with van der Waals surface area (Å²) in [4.78, 5) is 48.6. The van der Waals surface area contributed by atoms with Gasteiger partial charge < -0.3 is 5.32 Å². The van der Waals surface area contributed by atoms with Gasteiger partial charge in [-0.1, -0.05) is 35.3 Å². The van der Waals surface area contributed by atoms with Gasteiger partial charge in [0.05, 0.1) is 15.7 Å². The maximum Gasteiger partial charge on any atom is 0.335 e. The van der Waals surface area contributed by atoms with Crippen LogP contribution in [-0.2, 0) is 14.4 Å². The third-order valence-electron chi connectivity index (χ3n) is 2.97. The third kappa shape index (κ3) is 3.35. The number of carbonyl (C=O) groups is 4. The summed E-state index contributed by atoms with van der Waals surface area (Å²) in [6.45, 7) is 2.67. The van der Waals surface area contributed by atoms with Gasteiger partial charge in [0, 0.05) is 6.54 Å². The Hall–Kier alpha value is -2.38. The van der Waals surface area contributed by atoms with Gasteiger partial charge in [-0.2, -0.15) is 0 Å². The van der Waals surface area contributed by atoms with Gasteiger partial charge >= 0.3 is 17.8 Å². The van der Waals surface area contributed by atoms with Gasteiger partial charge in [-0.25, -0.2) is 9.69 Å². The van der Waals surface area contributed by atoms with Crippen LogP contribution < -0.4 is 5.32 Å². The highest BCUT2D eigenvalue weighted by Gasteiger charge is 2.44. The minimum absolute atomic E-state index is 0.109. The van der Waals surface area contributed by atoms with Crippen LogP contribution in [0.5, 0.6) is 0 Å². The predicted octanol–water partition coefficient (Wildman–Crippen LogP) is 1.91. The van der Waals surface area contributed by atoms with E-state index in [9.17, 15) is 19.2 Å². The van der Waals surface area contributed by atoms with Crippen LogP contribution in [0.1, 0.15) is 0 Å². The lowest BCUT2D eigenvalue weighted by atomic mass is 10.3. The van der Waals surface area contributed by atoms with E-state index in [2.05, 4.69) is 11.9 Å². The zero-order chi connectivity index (χ0) is 17.1. The van der Waals surface area contributed by atoms with E-state index in [0.29, 0.717) is 9.80 Å². The van der Waals surface area contributed by atoms with Crippen molar-refractivity contribution in [2.75, 3.05) is 18.4 Å². The van der Waals surface area contributed by atoms with Crippen LogP contribution in [0.15, 0.2) is 30.9 Å². The second kappa shape index (κ2) is 6.80. The smallest absolute Gasteiger partial charge is 0.323 e. The SMILES string of the molecule is C=CCN1C(=O)C(=O)N(CC(=O)Nc2cccc(Cl)c2Cl)C1=O. The summed E-state index contributed by atoms with van der Waals surface area (Å²) in [7, 11) is 0. The molecule has 1 aliphatic heterocycles. The molecule has 9 heteroatoms. The zero-order valence-electron chi connectivity index (χ0n) is 11.7. The van der Waals surface area contributed by atoms with Crippen LogP contribution in [0.2, 0.25) is 10.0 Å². The van der Waals surface area contributed by atoms with E-state index in [1.54, 1.807) is 12.1 Å². The molecule has 1 saturated heterocycles. The highest BCUT2D eigenvalue weighted by molar-refractivity contribution is 6.45. The molecule has 1 aromatic rings. The number of rotatable bonds is 5. The number of anilines is 1. The maximum absolute atomic E-state index is 12.0. The molecular formula is C14H11Cl2N3O4. The van der Waals surface area contributed by atoms with Crippen molar-refractivity contribution in [1.29, 1.82) is 0 Å². The lowest BCUT2D eigenvalue weighted by Gasteiger charge is -2.14. The molecule has 1 aliphatic rings. The third-order valence-corrected chi connectivity index (χ3v) is 3.79. The molecule has 1 heterocycles. The number of imide groups is 2. The highest BCUT2D eigenvalue weighted by atomic mass is 35.5. The lowest BCUT2D eigenvalue weighted by molar-refractivity contribution is -0.143. The van der Waals surface area contributed by atoms with Gasteiger partial charge in [0.25, 0.3) is 0 Å². The molecule has 0 saturated carbocycles. The van der Waals surface area contributed by atoms with Gasteiger partial charge in [-0.3, -0.25) is 19.3 Å². The summed E-state index contributed by atoms with van der Waals surface area (Å²) in [6, 6.07) is 3.76. The molecule has 0 atom stereocenters. The second-order valence-corrected chi connectivity index (χ2v) is 5.31. The summed E-state index contributed by atoms with van der Waals surface area (Å²) in [5.74, 6) is -2.75. The van der Waals surface area contributed by atoms with Crippen LogP contribution >= 0.6 is 23.2 Å². The average Bonchev–Trinajstić information content (AvgIpc) is 2.70. The Balaban J connectivity index is 2.10. The molecule has 0 unspecified atom stereocenters. The van der Waals surface area contributed by atoms with Crippen molar-refractivity contribution in [2.24, 2.45) is 0 Å². The zero-order valence-corrected chi connectivity index (χ0v) is 13.2. The number of benzene rings is 1. The van der Waals surface area contributed by atoms with Crippen molar-refractivity contribution < 1.29 is 19.2 Å². The summed E-state index contributed by atoms with van der Waals surface area (Å²) in [5, 5.41) is 2.80. The molecule has 1 N–H and O–H groups in total. The van der Waals surface area contributed by atoms with E-state index in [4.69, 9.17) is 23.2 Å². The van der Waals surface area contributed by atoms with E-state index in [-0.39, 0.29) is 22.3 Å². The van der Waals surface area contributed by atoms with Crippen LogP contribution in [0, 0.1) is 0 Å². The van der Waals surface area contributed by atoms with Gasteiger partial charge in [0.2, 0.25) is 5.91 Å². The van der Waals surface area contributed by atoms with Gasteiger partial charge in [0.1, 0.15) is 6.54 Å². The fourth-order valence-electron chi connectivity index (χ4n) is 1.91. The van der Waals surface area contributed by atoms with Crippen LogP contribution in [0.25, 0.3) is 0 Å². The normalized spacial score (nSPS) is 14.4. The van der Waals surface area contributed by atoms with Crippen molar-refractivity contribution in [2.45, 2.75) is 0 Å². The van der Waals surface area contributed by atoms with Crippen molar-refractivity contribution in [3.8, 4) is 0 Å². The minimum atomic E-state index is -1.07. The molecule has 1 aromatic carbocycles. The molecular weight excluding hydrogens is 345 g/mol. The second-order valence-electron chi connectivity index (χ2n) is 4.53. The first-order chi connectivity index (χ1) is 10.9. The molecule has 23 heavy (non-hydrogen) atoms. The Morgan fingerprint density at radius 2 is 1.83 bits per heavy atom. The van der Waals surface area contributed by atoms with Crippen molar-refractivity contribution in [3.05, 3.63) is 40.9 Å². The fourth-order valence-corrected chi connectivity index (χ4v) is 2.26. The van der Waals surface area contributed by atoms with E-state index >= 15 is 0 Å². The number of halogens is 2. The molecule has 0 spiro atoms. The standard InChI is InChI=1S/C14H11Cl2N3O4/c1-2-6-18-12(21)13(22)19(14(18)23)7-10(20)17-9-5-3-4-8(15)11(9)16/h2-5H,1,6-7H2,(H,17,20). The van der Waals surface area contributed by atoms with Crippen LogP contribution in [-0.4, -0.2) is 46.6 Å². The lowest BCUT2D eigenvalue weighted by Crippen LogP contribution is -2.39. The predicted molar refractivity (Wildman–Crippen MR) is 84.1 cm³/mol. The quantitative estimate of drug-likeness (QED) is 0.496. The Morgan fingerprint density at radius 1 is 1.17 bits per heavy atom. The topological polar surface area (TPSA) is 86.8 Å². The maximum atomic E-state index is 12.0. The Bertz CT molecular complexity index is 720. The summed E-state index contributed by atoms with van der Waals surface area (Å²) >= 11 is 11.8. The molecule has 120 valence electrons. The Kier molecular flexibility index (Phi) is 5.02. The number of carbonyl (C=O) groups excluding carboxylic acids is 4. The fraction of sp³-hybridized carbons (Fsp3) is 0.143. The van der Waals surface area contributed by atoms with E-state index in [0.717, 1.165) is 0 Å². The van der Waals surface area contributed by atoms with Gasteiger partial charge in [0.15, 0.2) is 0 Å². The number of urea groups is 1. The monoisotopic (exact) mass is 355 g/mol. The number of amides is 5. The number of hydrogen-bond acceptors (Lipinski definition) is 4. The summed E-state index contributed by atoms with van der Waals surface area (Å²) in [6.07, 6.45) is 1.30. The van der Waals surface area contributed by atoms with Crippen molar-refractivity contribution >= 4 is 52.6 Å². The van der Waals surface area contributed by atoms with Gasteiger partial charge in [-0.05, 0) is 12.1 Å². The molecule has 7 nitrogen and oxygen atoms in total. The minimum Gasteiger partial charge on any atom is -0.323 e. The molecule has 0 aliphatic carbocycles. The number of nitrogens with zero attached hydrogens (tertiary/aromatic N) is 2. The Labute approximate surface area is 141 Å². The van der Waals surface area contributed by atoms with E-state index in [1.165, 1.54) is 12.1 Å². The highest BCUT2D eigenvalue weighted by Crippen LogP contribution is 2.29. The molecule has 5 amide bonds. The average molecular weight is 356 g/mol. The molecule has 0 radical (unpaired) electrons. The van der Waals surface area contributed by atoms with E-state index < -0.39 is 30.3 Å². The molecule has 1 fully saturated rings. The first kappa shape index (κ1) is 17.0. The molecule has 2 rings (SSSR count). The van der Waals surface area contributed by atoms with Gasteiger partial charge in [-0.15, -0.1) is 6.58 Å². The number of hydrogen-bond donors (Lipinski definition) is 1. The summed E-state index contributed by atoms with van der Waals surface area (Å²) < 4.78 is 0. The first-order valence-corrected chi connectivity index (χ1v) is 7.14. The van der Waals surface area contributed by atoms with Crippen LogP contribution in [0.4, 0.5) is 10.5 Å². The largest absolute Gasteiger partial charge is 0.335 e. The van der Waals surface area contributed by atoms with Crippen molar-refractivity contribution in [3.63, 3.8) is 0 Å². The first-order valence-electron chi connectivity index (χ1n) is 6.39. The number of nitrogens with one attached hydrogen (secondary N) is 1. The van der Waals surface area contributed by atoms with Crippen LogP contribution in [0.3, 0.4) is 0 Å². The summed E-state index contributed by atoms with van der Waals surface area (Å²) in [5.41, 5.74) is 0.234. The molecule has 0 bridgehead atoms. The molecule has 0 aromatic heterocycles. The Morgan fingerprint density at radius 3 is 2.48 bits per heavy atom. The van der Waals surface area contributed by atoms with Crippen molar-refractivity contribution in [1.82, 2.24) is 9.80 Å².